The second-order valence-electron chi connectivity index (χ2n) is 8.63. The molecule has 2 aliphatic rings. The van der Waals surface area contributed by atoms with E-state index in [9.17, 15) is 4.79 Å². The average Bonchev–Trinajstić information content (AvgIpc) is 2.68. The molecular weight excluding hydrogens is 368 g/mol. The third-order valence-corrected chi connectivity index (χ3v) is 6.32. The second kappa shape index (κ2) is 10.2. The molecule has 0 unspecified atom stereocenters. The van der Waals surface area contributed by atoms with E-state index in [1.165, 1.54) is 16.9 Å². The average molecular weight is 404 g/mol. The highest BCUT2D eigenvalue weighted by atomic mass is 32.1. The van der Waals surface area contributed by atoms with Crippen LogP contribution in [0.15, 0.2) is 30.3 Å². The van der Waals surface area contributed by atoms with Crippen molar-refractivity contribution < 1.29 is 9.69 Å². The van der Waals surface area contributed by atoms with Gasteiger partial charge < -0.3 is 20.0 Å². The van der Waals surface area contributed by atoms with Gasteiger partial charge in [0, 0.05) is 19.6 Å². The van der Waals surface area contributed by atoms with Crippen molar-refractivity contribution in [2.24, 2.45) is 11.8 Å². The Labute approximate surface area is 175 Å². The minimum Gasteiger partial charge on any atom is -0.362 e. The van der Waals surface area contributed by atoms with Gasteiger partial charge in [0.15, 0.2) is 11.7 Å². The van der Waals surface area contributed by atoms with Crippen LogP contribution in [-0.4, -0.2) is 73.2 Å². The van der Waals surface area contributed by atoms with Crippen molar-refractivity contribution in [1.29, 1.82) is 0 Å². The number of hydrogen-bond donors (Lipinski definition) is 2. The highest BCUT2D eigenvalue weighted by Gasteiger charge is 2.29. The molecule has 0 spiro atoms. The second-order valence-corrected chi connectivity index (χ2v) is 9.01. The van der Waals surface area contributed by atoms with Crippen LogP contribution in [-0.2, 0) is 11.2 Å². The number of amides is 1. The number of benzene rings is 1. The lowest BCUT2D eigenvalue weighted by molar-refractivity contribution is -0.896. The first-order valence-electron chi connectivity index (χ1n) is 10.7. The van der Waals surface area contributed by atoms with E-state index in [0.717, 1.165) is 57.3 Å². The summed E-state index contributed by atoms with van der Waals surface area (Å²) in [7, 11) is 0. The molecule has 5 nitrogen and oxygen atoms in total. The fourth-order valence-corrected chi connectivity index (χ4v) is 4.75. The number of quaternary nitrogens is 1. The zero-order valence-corrected chi connectivity index (χ0v) is 18.1. The Balaban J connectivity index is 1.35. The highest BCUT2D eigenvalue weighted by Crippen LogP contribution is 2.20. The largest absolute Gasteiger partial charge is 0.362 e. The third-order valence-electron chi connectivity index (χ3n) is 5.91. The summed E-state index contributed by atoms with van der Waals surface area (Å²) in [5.41, 5.74) is 1.33. The lowest BCUT2D eigenvalue weighted by Crippen LogP contribution is -3.16. The quantitative estimate of drug-likeness (QED) is 0.714. The third kappa shape index (κ3) is 6.17. The van der Waals surface area contributed by atoms with E-state index in [1.807, 2.05) is 6.07 Å². The molecule has 0 aliphatic carbocycles. The number of hydrogen-bond acceptors (Lipinski definition) is 2. The molecule has 0 aromatic heterocycles. The van der Waals surface area contributed by atoms with Crippen molar-refractivity contribution in [2.75, 3.05) is 52.4 Å². The number of carbonyl (C=O) groups is 1. The van der Waals surface area contributed by atoms with Gasteiger partial charge in [-0.05, 0) is 42.5 Å². The number of piperidine rings is 1. The monoisotopic (exact) mass is 403 g/mol. The number of rotatable bonds is 5. The first kappa shape index (κ1) is 21.1. The molecule has 2 heterocycles. The van der Waals surface area contributed by atoms with Crippen LogP contribution in [0.3, 0.4) is 0 Å². The summed E-state index contributed by atoms with van der Waals surface area (Å²) < 4.78 is 0. The number of likely N-dealkylation sites (tertiary alicyclic amines) is 1. The maximum atomic E-state index is 12.7. The van der Waals surface area contributed by atoms with Crippen LogP contribution in [0.2, 0.25) is 0 Å². The maximum absolute atomic E-state index is 12.7. The Morgan fingerprint density at radius 1 is 1.11 bits per heavy atom. The molecule has 2 fully saturated rings. The van der Waals surface area contributed by atoms with Crippen LogP contribution in [0.4, 0.5) is 0 Å². The van der Waals surface area contributed by atoms with E-state index in [-0.39, 0.29) is 0 Å². The van der Waals surface area contributed by atoms with Crippen molar-refractivity contribution in [3.63, 3.8) is 0 Å². The molecule has 1 aromatic carbocycles. The van der Waals surface area contributed by atoms with Crippen LogP contribution in [0.25, 0.3) is 0 Å². The van der Waals surface area contributed by atoms with Crippen LogP contribution in [0, 0.1) is 11.8 Å². The molecule has 6 heteroatoms. The van der Waals surface area contributed by atoms with Crippen LogP contribution >= 0.6 is 12.2 Å². The molecule has 154 valence electrons. The summed E-state index contributed by atoms with van der Waals surface area (Å²) in [5, 5.41) is 4.24. The van der Waals surface area contributed by atoms with Crippen molar-refractivity contribution >= 4 is 23.2 Å². The first-order valence-corrected chi connectivity index (χ1v) is 11.1. The smallest absolute Gasteiger partial charge is 0.277 e. The standard InChI is InChI=1S/C22H34N4OS/c1-18-14-19(2)16-26(15-18)21(27)17-24-10-12-25(13-11-24)22(28)23-9-8-20-6-4-3-5-7-20/h3-7,18-19H,8-17H2,1-2H3,(H,23,28)/p+1/t18-,19-/m1/s1. The molecule has 2 saturated heterocycles. The number of carbonyl (C=O) groups excluding carboxylic acids is 1. The van der Waals surface area contributed by atoms with E-state index >= 15 is 0 Å². The minimum atomic E-state index is 0.324. The molecule has 28 heavy (non-hydrogen) atoms. The summed E-state index contributed by atoms with van der Waals surface area (Å²) in [4.78, 5) is 18.4. The van der Waals surface area contributed by atoms with Gasteiger partial charge in [-0.15, -0.1) is 0 Å². The summed E-state index contributed by atoms with van der Waals surface area (Å²) in [6, 6.07) is 10.5. The minimum absolute atomic E-state index is 0.324. The number of thiocarbonyl (C=S) groups is 1. The van der Waals surface area contributed by atoms with Gasteiger partial charge in [-0.25, -0.2) is 0 Å². The van der Waals surface area contributed by atoms with Crippen molar-refractivity contribution in [3.8, 4) is 0 Å². The Hall–Kier alpha value is -1.66. The molecule has 2 atom stereocenters. The summed E-state index contributed by atoms with van der Waals surface area (Å²) in [5.74, 6) is 1.57. The first-order chi connectivity index (χ1) is 13.5. The van der Waals surface area contributed by atoms with Crippen molar-refractivity contribution in [2.45, 2.75) is 26.7 Å². The van der Waals surface area contributed by atoms with Gasteiger partial charge in [0.1, 0.15) is 0 Å². The number of nitrogens with one attached hydrogen (secondary N) is 2. The van der Waals surface area contributed by atoms with Crippen LogP contribution in [0.1, 0.15) is 25.8 Å². The Kier molecular flexibility index (Phi) is 7.68. The topological polar surface area (TPSA) is 40.0 Å². The molecule has 2 N–H and O–H groups in total. The summed E-state index contributed by atoms with van der Waals surface area (Å²) >= 11 is 5.57. The Bertz CT molecular complexity index is 635. The van der Waals surface area contributed by atoms with Crippen molar-refractivity contribution in [1.82, 2.24) is 15.1 Å². The molecule has 0 bridgehead atoms. The highest BCUT2D eigenvalue weighted by molar-refractivity contribution is 7.80. The van der Waals surface area contributed by atoms with Gasteiger partial charge in [0.05, 0.1) is 26.2 Å². The summed E-state index contributed by atoms with van der Waals surface area (Å²) in [6.07, 6.45) is 2.22. The van der Waals surface area contributed by atoms with Gasteiger partial charge >= 0.3 is 0 Å². The maximum Gasteiger partial charge on any atom is 0.277 e. The fraction of sp³-hybridized carbons (Fsp3) is 0.636. The van der Waals surface area contributed by atoms with E-state index in [4.69, 9.17) is 12.2 Å². The van der Waals surface area contributed by atoms with E-state index in [0.29, 0.717) is 24.3 Å². The molecule has 1 aromatic rings. The summed E-state index contributed by atoms with van der Waals surface area (Å²) in [6.45, 7) is 11.7. The van der Waals surface area contributed by atoms with Gasteiger partial charge in [0.2, 0.25) is 0 Å². The Morgan fingerprint density at radius 3 is 2.39 bits per heavy atom. The Morgan fingerprint density at radius 2 is 1.75 bits per heavy atom. The predicted octanol–water partition coefficient (Wildman–Crippen LogP) is 0.809. The van der Waals surface area contributed by atoms with Crippen LogP contribution < -0.4 is 10.2 Å². The van der Waals surface area contributed by atoms with Crippen LogP contribution in [0.5, 0.6) is 0 Å². The SMILES string of the molecule is C[C@@H]1C[C@@H](C)CN(C(=O)C[NH+]2CCN(C(=S)NCCc3ccccc3)CC2)C1. The molecule has 0 radical (unpaired) electrons. The number of nitrogens with zero attached hydrogens (tertiary/aromatic N) is 2. The van der Waals surface area contributed by atoms with Gasteiger partial charge in [0.25, 0.3) is 5.91 Å². The normalized spacial score (nSPS) is 23.5. The lowest BCUT2D eigenvalue weighted by Gasteiger charge is -2.37. The molecule has 1 amide bonds. The molecular formula is C22H35N4OS+. The molecule has 0 saturated carbocycles. The van der Waals surface area contributed by atoms with E-state index < -0.39 is 0 Å². The van der Waals surface area contributed by atoms with E-state index in [1.54, 1.807) is 0 Å². The molecule has 3 rings (SSSR count). The number of piperazine rings is 1. The van der Waals surface area contributed by atoms with Gasteiger partial charge in [-0.3, -0.25) is 4.79 Å². The zero-order chi connectivity index (χ0) is 19.9. The van der Waals surface area contributed by atoms with Crippen molar-refractivity contribution in [3.05, 3.63) is 35.9 Å². The van der Waals surface area contributed by atoms with Gasteiger partial charge in [-0.1, -0.05) is 44.2 Å². The van der Waals surface area contributed by atoms with Gasteiger partial charge in [-0.2, -0.15) is 0 Å². The van der Waals surface area contributed by atoms with E-state index in [2.05, 4.69) is 53.2 Å². The molecule has 2 aliphatic heterocycles. The predicted molar refractivity (Wildman–Crippen MR) is 117 cm³/mol. The lowest BCUT2D eigenvalue weighted by atomic mass is 9.92. The zero-order valence-electron chi connectivity index (χ0n) is 17.3. The fourth-order valence-electron chi connectivity index (χ4n) is 4.47.